The summed E-state index contributed by atoms with van der Waals surface area (Å²) >= 11 is 0. The van der Waals surface area contributed by atoms with Crippen molar-refractivity contribution >= 4 is 16.8 Å². The van der Waals surface area contributed by atoms with Gasteiger partial charge < -0.3 is 15.4 Å². The molecule has 0 aliphatic carbocycles. The molecule has 0 bridgehead atoms. The molecule has 3 rings (SSSR count). The third kappa shape index (κ3) is 5.87. The summed E-state index contributed by atoms with van der Waals surface area (Å²) in [6.45, 7) is 1.78. The fourth-order valence-corrected chi connectivity index (χ4v) is 4.21. The van der Waals surface area contributed by atoms with Gasteiger partial charge >= 0.3 is 0 Å². The van der Waals surface area contributed by atoms with Crippen molar-refractivity contribution in [3.63, 3.8) is 0 Å². The Bertz CT molecular complexity index is 808. The van der Waals surface area contributed by atoms with Crippen LogP contribution in [0.5, 0.6) is 0 Å². The smallest absolute Gasteiger partial charge is 0.191 e. The molecule has 0 radical (unpaired) electrons. The number of fused-ring (bicyclic) bond motifs is 1. The SMILES string of the molecule is CN=C(NCCS(=O)Cc1ccccc1)NC1CCc2nc(COC)nn2C1. The van der Waals surface area contributed by atoms with Gasteiger partial charge in [0.1, 0.15) is 12.4 Å². The topological polar surface area (TPSA) is 93.4 Å². The van der Waals surface area contributed by atoms with E-state index in [1.165, 1.54) is 0 Å². The van der Waals surface area contributed by atoms with Crippen LogP contribution < -0.4 is 10.6 Å². The highest BCUT2D eigenvalue weighted by Gasteiger charge is 2.22. The molecule has 2 aromatic rings. The van der Waals surface area contributed by atoms with E-state index in [0.717, 1.165) is 42.6 Å². The third-order valence-corrected chi connectivity index (χ3v) is 5.85. The van der Waals surface area contributed by atoms with Gasteiger partial charge in [-0.25, -0.2) is 9.67 Å². The molecule has 0 spiro atoms. The van der Waals surface area contributed by atoms with E-state index in [9.17, 15) is 4.21 Å². The van der Waals surface area contributed by atoms with Crippen molar-refractivity contribution < 1.29 is 8.95 Å². The van der Waals surface area contributed by atoms with Gasteiger partial charge in [-0.1, -0.05) is 30.3 Å². The number of methoxy groups -OCH3 is 1. The molecule has 1 aromatic heterocycles. The van der Waals surface area contributed by atoms with Crippen LogP contribution >= 0.6 is 0 Å². The monoisotopic (exact) mass is 404 g/mol. The number of aromatic nitrogens is 3. The van der Waals surface area contributed by atoms with Crippen LogP contribution in [0.2, 0.25) is 0 Å². The van der Waals surface area contributed by atoms with Gasteiger partial charge in [-0.3, -0.25) is 9.20 Å². The predicted octanol–water partition coefficient (Wildman–Crippen LogP) is 0.853. The quantitative estimate of drug-likeness (QED) is 0.501. The van der Waals surface area contributed by atoms with Crippen LogP contribution in [0.25, 0.3) is 0 Å². The molecule has 2 atom stereocenters. The predicted molar refractivity (Wildman–Crippen MR) is 110 cm³/mol. The molecule has 28 heavy (non-hydrogen) atoms. The fourth-order valence-electron chi connectivity index (χ4n) is 3.17. The van der Waals surface area contributed by atoms with Gasteiger partial charge in [0.2, 0.25) is 0 Å². The number of hydrogen-bond donors (Lipinski definition) is 2. The van der Waals surface area contributed by atoms with Crippen LogP contribution in [0.15, 0.2) is 35.3 Å². The standard InChI is InChI=1S/C19H28N6O2S/c1-20-19(21-10-11-28(26)14-15-6-4-3-5-7-15)22-16-8-9-18-23-17(13-27-2)24-25(18)12-16/h3-7,16H,8-14H2,1-2H3,(H2,20,21,22). The Hall–Kier alpha value is -2.26. The van der Waals surface area contributed by atoms with Crippen LogP contribution in [0.1, 0.15) is 23.6 Å². The minimum absolute atomic E-state index is 0.227. The molecule has 2 N–H and O–H groups in total. The highest BCUT2D eigenvalue weighted by atomic mass is 32.2. The second-order valence-corrected chi connectivity index (χ2v) is 8.29. The number of aryl methyl sites for hydroxylation is 1. The van der Waals surface area contributed by atoms with E-state index in [1.807, 2.05) is 35.0 Å². The van der Waals surface area contributed by atoms with Crippen LogP contribution in [-0.2, 0) is 40.9 Å². The second kappa shape index (κ2) is 10.3. The third-order valence-electron chi connectivity index (χ3n) is 4.53. The largest absolute Gasteiger partial charge is 0.377 e. The normalized spacial score (nSPS) is 17.8. The maximum absolute atomic E-state index is 12.2. The molecule has 0 fully saturated rings. The molecule has 1 aromatic carbocycles. The number of nitrogens with one attached hydrogen (secondary N) is 2. The maximum Gasteiger partial charge on any atom is 0.191 e. The lowest BCUT2D eigenvalue weighted by Gasteiger charge is -2.25. The summed E-state index contributed by atoms with van der Waals surface area (Å²) in [7, 11) is 2.49. The van der Waals surface area contributed by atoms with Crippen molar-refractivity contribution in [2.24, 2.45) is 4.99 Å². The molecule has 0 saturated carbocycles. The van der Waals surface area contributed by atoms with Gasteiger partial charge in [-0.05, 0) is 12.0 Å². The summed E-state index contributed by atoms with van der Waals surface area (Å²) in [6.07, 6.45) is 1.83. The van der Waals surface area contributed by atoms with Gasteiger partial charge in [0.05, 0.1) is 6.54 Å². The first-order chi connectivity index (χ1) is 13.7. The van der Waals surface area contributed by atoms with Crippen molar-refractivity contribution in [3.8, 4) is 0 Å². The fraction of sp³-hybridized carbons (Fsp3) is 0.526. The van der Waals surface area contributed by atoms with E-state index >= 15 is 0 Å². The Balaban J connectivity index is 1.42. The summed E-state index contributed by atoms with van der Waals surface area (Å²) in [6, 6.07) is 10.1. The minimum Gasteiger partial charge on any atom is -0.377 e. The van der Waals surface area contributed by atoms with Crippen LogP contribution in [0.3, 0.4) is 0 Å². The zero-order valence-corrected chi connectivity index (χ0v) is 17.2. The molecule has 0 saturated heterocycles. The second-order valence-electron chi connectivity index (χ2n) is 6.71. The van der Waals surface area contributed by atoms with Crippen LogP contribution in [0, 0.1) is 0 Å². The minimum atomic E-state index is -0.905. The number of ether oxygens (including phenoxy) is 1. The molecule has 2 heterocycles. The summed E-state index contributed by atoms with van der Waals surface area (Å²) < 4.78 is 19.3. The molecular weight excluding hydrogens is 376 g/mol. The zero-order valence-electron chi connectivity index (χ0n) is 16.4. The Morgan fingerprint density at radius 1 is 1.39 bits per heavy atom. The van der Waals surface area contributed by atoms with E-state index in [0.29, 0.717) is 24.7 Å². The number of rotatable bonds is 8. The average Bonchev–Trinajstić information content (AvgIpc) is 3.10. The van der Waals surface area contributed by atoms with E-state index in [2.05, 4.69) is 25.7 Å². The van der Waals surface area contributed by atoms with Crippen molar-refractivity contribution in [2.45, 2.75) is 37.8 Å². The highest BCUT2D eigenvalue weighted by molar-refractivity contribution is 7.84. The molecule has 8 nitrogen and oxygen atoms in total. The van der Waals surface area contributed by atoms with E-state index < -0.39 is 10.8 Å². The van der Waals surface area contributed by atoms with Crippen LogP contribution in [0.4, 0.5) is 0 Å². The first-order valence-electron chi connectivity index (χ1n) is 9.45. The van der Waals surface area contributed by atoms with E-state index in [4.69, 9.17) is 4.74 Å². The van der Waals surface area contributed by atoms with Crippen molar-refractivity contribution in [2.75, 3.05) is 26.5 Å². The number of hydrogen-bond acceptors (Lipinski definition) is 5. The molecule has 152 valence electrons. The summed E-state index contributed by atoms with van der Waals surface area (Å²) in [4.78, 5) is 8.78. The summed E-state index contributed by atoms with van der Waals surface area (Å²) in [5.74, 6) is 3.61. The van der Waals surface area contributed by atoms with Crippen LogP contribution in [-0.4, -0.2) is 57.4 Å². The number of nitrogens with zero attached hydrogens (tertiary/aromatic N) is 4. The average molecular weight is 405 g/mol. The van der Waals surface area contributed by atoms with E-state index in [1.54, 1.807) is 14.2 Å². The first kappa shape index (κ1) is 20.5. The Morgan fingerprint density at radius 3 is 2.96 bits per heavy atom. The highest BCUT2D eigenvalue weighted by Crippen LogP contribution is 2.13. The van der Waals surface area contributed by atoms with Crippen molar-refractivity contribution in [3.05, 3.63) is 47.5 Å². The van der Waals surface area contributed by atoms with Gasteiger partial charge in [0.25, 0.3) is 0 Å². The Morgan fingerprint density at radius 2 is 2.21 bits per heavy atom. The number of guanidine groups is 1. The van der Waals surface area contributed by atoms with Crippen molar-refractivity contribution in [1.82, 2.24) is 25.4 Å². The maximum atomic E-state index is 12.2. The lowest BCUT2D eigenvalue weighted by atomic mass is 10.1. The number of benzene rings is 1. The van der Waals surface area contributed by atoms with Gasteiger partial charge in [-0.15, -0.1) is 0 Å². The first-order valence-corrected chi connectivity index (χ1v) is 10.9. The van der Waals surface area contributed by atoms with Crippen molar-refractivity contribution in [1.29, 1.82) is 0 Å². The molecule has 9 heteroatoms. The number of aliphatic imine (C=N–C) groups is 1. The lowest BCUT2D eigenvalue weighted by Crippen LogP contribution is -2.47. The molecule has 1 aliphatic rings. The summed E-state index contributed by atoms with van der Waals surface area (Å²) in [5.41, 5.74) is 1.10. The molecule has 1 aliphatic heterocycles. The molecular formula is C19H28N6O2S. The molecule has 2 unspecified atom stereocenters. The van der Waals surface area contributed by atoms with E-state index in [-0.39, 0.29) is 6.04 Å². The lowest BCUT2D eigenvalue weighted by molar-refractivity contribution is 0.177. The van der Waals surface area contributed by atoms with Gasteiger partial charge in [0, 0.05) is 55.5 Å². The van der Waals surface area contributed by atoms with Gasteiger partial charge in [0.15, 0.2) is 11.8 Å². The summed E-state index contributed by atoms with van der Waals surface area (Å²) in [5, 5.41) is 11.2. The Kier molecular flexibility index (Phi) is 7.55. The van der Waals surface area contributed by atoms with Gasteiger partial charge in [-0.2, -0.15) is 5.10 Å². The molecule has 0 amide bonds. The zero-order chi connectivity index (χ0) is 19.8. The Labute approximate surface area is 168 Å².